The molecule has 7 nitrogen and oxygen atoms in total. The molecule has 0 bridgehead atoms. The highest BCUT2D eigenvalue weighted by molar-refractivity contribution is 5.95. The molecule has 0 aliphatic carbocycles. The monoisotopic (exact) mass is 357 g/mol. The molecule has 26 heavy (non-hydrogen) atoms. The molecule has 3 N–H and O–H groups in total. The third kappa shape index (κ3) is 4.04. The van der Waals surface area contributed by atoms with Crippen LogP contribution in [0.2, 0.25) is 0 Å². The van der Waals surface area contributed by atoms with Gasteiger partial charge in [0, 0.05) is 11.7 Å². The summed E-state index contributed by atoms with van der Waals surface area (Å²) in [5.41, 5.74) is 0.623. The van der Waals surface area contributed by atoms with Crippen LogP contribution in [0.1, 0.15) is 32.1 Å². The van der Waals surface area contributed by atoms with Gasteiger partial charge in [0.1, 0.15) is 12.1 Å². The number of hydrogen-bond donors (Lipinski definition) is 3. The van der Waals surface area contributed by atoms with Crippen molar-refractivity contribution in [3.05, 3.63) is 42.5 Å². The standard InChI is InChI=1S/C19H23N3O4/c23-17-15(21-19(26)20-13-7-2-1-3-8-13)11-5-4-9-14-10-6-12-16(18(24)25)22(14)17/h1-5,7-8,14-16H,6,9-12H2,(H,24,25)(H2,20,21,26)/t14-,15-,16-/m0/s1. The zero-order valence-electron chi connectivity index (χ0n) is 14.4. The van der Waals surface area contributed by atoms with Crippen molar-refractivity contribution in [2.75, 3.05) is 5.32 Å². The Morgan fingerprint density at radius 1 is 1.08 bits per heavy atom. The SMILES string of the molecule is O=C(Nc1ccccc1)N[C@H]1CC=CC[C@H]2CCC[C@@H](C(=O)O)N2C1=O. The van der Waals surface area contributed by atoms with E-state index in [9.17, 15) is 19.5 Å². The molecule has 1 aromatic rings. The van der Waals surface area contributed by atoms with Gasteiger partial charge in [-0.1, -0.05) is 30.4 Å². The molecule has 1 saturated heterocycles. The first-order valence-electron chi connectivity index (χ1n) is 8.89. The van der Waals surface area contributed by atoms with Gasteiger partial charge in [-0.05, 0) is 44.2 Å². The Balaban J connectivity index is 1.74. The first-order valence-corrected chi connectivity index (χ1v) is 8.89. The number of carbonyl (C=O) groups excluding carboxylic acids is 2. The van der Waals surface area contributed by atoms with Crippen molar-refractivity contribution in [1.29, 1.82) is 0 Å². The number of nitrogens with zero attached hydrogens (tertiary/aromatic N) is 1. The van der Waals surface area contributed by atoms with E-state index >= 15 is 0 Å². The Morgan fingerprint density at radius 2 is 1.81 bits per heavy atom. The second kappa shape index (κ2) is 8.03. The number of carboxylic acid groups (broad SMARTS) is 1. The van der Waals surface area contributed by atoms with Gasteiger partial charge in [-0.3, -0.25) is 4.79 Å². The van der Waals surface area contributed by atoms with E-state index in [1.165, 1.54) is 4.90 Å². The number of carbonyl (C=O) groups is 3. The third-order valence-electron chi connectivity index (χ3n) is 4.87. The molecular formula is C19H23N3O4. The lowest BCUT2D eigenvalue weighted by molar-refractivity contribution is -0.156. The van der Waals surface area contributed by atoms with Crippen LogP contribution in [-0.4, -0.2) is 46.0 Å². The Bertz CT molecular complexity index is 704. The van der Waals surface area contributed by atoms with E-state index in [1.807, 2.05) is 18.2 Å². The summed E-state index contributed by atoms with van der Waals surface area (Å²) in [7, 11) is 0. The Morgan fingerprint density at radius 3 is 2.54 bits per heavy atom. The highest BCUT2D eigenvalue weighted by atomic mass is 16.4. The number of piperidine rings is 1. The molecular weight excluding hydrogens is 334 g/mol. The van der Waals surface area contributed by atoms with Gasteiger partial charge in [-0.2, -0.15) is 0 Å². The molecule has 2 aliphatic heterocycles. The Kier molecular flexibility index (Phi) is 5.55. The van der Waals surface area contributed by atoms with Gasteiger partial charge in [-0.25, -0.2) is 9.59 Å². The average Bonchev–Trinajstić information content (AvgIpc) is 2.63. The van der Waals surface area contributed by atoms with Gasteiger partial charge in [0.2, 0.25) is 5.91 Å². The van der Waals surface area contributed by atoms with Crippen LogP contribution in [0.15, 0.2) is 42.5 Å². The summed E-state index contributed by atoms with van der Waals surface area (Å²) in [6.07, 6.45) is 6.86. The molecule has 1 fully saturated rings. The predicted molar refractivity (Wildman–Crippen MR) is 96.7 cm³/mol. The molecule has 0 spiro atoms. The van der Waals surface area contributed by atoms with Gasteiger partial charge in [-0.15, -0.1) is 0 Å². The molecule has 0 saturated carbocycles. The van der Waals surface area contributed by atoms with Gasteiger partial charge in [0.05, 0.1) is 0 Å². The van der Waals surface area contributed by atoms with Crippen LogP contribution in [0.5, 0.6) is 0 Å². The molecule has 3 rings (SSSR count). The van der Waals surface area contributed by atoms with Gasteiger partial charge < -0.3 is 20.6 Å². The quantitative estimate of drug-likeness (QED) is 0.723. The number of amides is 3. The molecule has 2 heterocycles. The molecule has 2 aliphatic rings. The van der Waals surface area contributed by atoms with E-state index in [-0.39, 0.29) is 11.9 Å². The summed E-state index contributed by atoms with van der Waals surface area (Å²) in [6, 6.07) is 6.73. The lowest BCUT2D eigenvalue weighted by Crippen LogP contribution is -2.59. The predicted octanol–water partition coefficient (Wildman–Crippen LogP) is 2.36. The van der Waals surface area contributed by atoms with Crippen LogP contribution in [0, 0.1) is 0 Å². The van der Waals surface area contributed by atoms with Crippen LogP contribution >= 0.6 is 0 Å². The fourth-order valence-corrected chi connectivity index (χ4v) is 3.62. The molecule has 1 aromatic carbocycles. The summed E-state index contributed by atoms with van der Waals surface area (Å²) in [5, 5.41) is 14.9. The minimum atomic E-state index is -0.986. The van der Waals surface area contributed by atoms with Crippen molar-refractivity contribution in [2.45, 2.75) is 50.2 Å². The van der Waals surface area contributed by atoms with Gasteiger partial charge >= 0.3 is 12.0 Å². The summed E-state index contributed by atoms with van der Waals surface area (Å²) in [6.45, 7) is 0. The fraction of sp³-hybridized carbons (Fsp3) is 0.421. The maximum Gasteiger partial charge on any atom is 0.326 e. The van der Waals surface area contributed by atoms with Crippen molar-refractivity contribution in [3.8, 4) is 0 Å². The summed E-state index contributed by atoms with van der Waals surface area (Å²) >= 11 is 0. The van der Waals surface area contributed by atoms with Crippen molar-refractivity contribution >= 4 is 23.6 Å². The lowest BCUT2D eigenvalue weighted by atomic mass is 9.90. The van der Waals surface area contributed by atoms with E-state index in [4.69, 9.17) is 0 Å². The van der Waals surface area contributed by atoms with E-state index in [1.54, 1.807) is 24.3 Å². The number of para-hydroxylation sites is 1. The molecule has 0 aromatic heterocycles. The highest BCUT2D eigenvalue weighted by Gasteiger charge is 2.41. The number of hydrogen-bond acceptors (Lipinski definition) is 3. The summed E-state index contributed by atoms with van der Waals surface area (Å²) < 4.78 is 0. The number of benzene rings is 1. The van der Waals surface area contributed by atoms with Crippen molar-refractivity contribution in [1.82, 2.24) is 10.2 Å². The molecule has 7 heteroatoms. The number of fused-ring (bicyclic) bond motifs is 1. The number of nitrogens with one attached hydrogen (secondary N) is 2. The number of carboxylic acids is 1. The zero-order valence-corrected chi connectivity index (χ0v) is 14.4. The first kappa shape index (κ1) is 18.0. The van der Waals surface area contributed by atoms with Crippen LogP contribution in [0.4, 0.5) is 10.5 Å². The summed E-state index contributed by atoms with van der Waals surface area (Å²) in [4.78, 5) is 38.4. The first-order chi connectivity index (χ1) is 12.6. The number of rotatable bonds is 3. The Hall–Kier alpha value is -2.83. The van der Waals surface area contributed by atoms with Crippen molar-refractivity contribution in [3.63, 3.8) is 0 Å². The molecule has 0 radical (unpaired) electrons. The summed E-state index contributed by atoms with van der Waals surface area (Å²) in [5.74, 6) is -1.31. The minimum absolute atomic E-state index is 0.129. The smallest absolute Gasteiger partial charge is 0.326 e. The molecule has 3 amide bonds. The lowest BCUT2D eigenvalue weighted by Gasteiger charge is -2.42. The molecule has 138 valence electrons. The number of urea groups is 1. The maximum atomic E-state index is 13.0. The van der Waals surface area contributed by atoms with E-state index in [0.717, 1.165) is 12.8 Å². The second-order valence-electron chi connectivity index (χ2n) is 6.64. The number of anilines is 1. The van der Waals surface area contributed by atoms with Gasteiger partial charge in [0.15, 0.2) is 0 Å². The topological polar surface area (TPSA) is 98.7 Å². The highest BCUT2D eigenvalue weighted by Crippen LogP contribution is 2.28. The Labute approximate surface area is 152 Å². The third-order valence-corrected chi connectivity index (χ3v) is 4.87. The minimum Gasteiger partial charge on any atom is -0.480 e. The van der Waals surface area contributed by atoms with Gasteiger partial charge in [0.25, 0.3) is 0 Å². The van der Waals surface area contributed by atoms with E-state index < -0.39 is 24.1 Å². The van der Waals surface area contributed by atoms with E-state index in [2.05, 4.69) is 10.6 Å². The number of aliphatic carboxylic acids is 1. The second-order valence-corrected chi connectivity index (χ2v) is 6.64. The van der Waals surface area contributed by atoms with Crippen LogP contribution in [0.3, 0.4) is 0 Å². The largest absolute Gasteiger partial charge is 0.480 e. The fourth-order valence-electron chi connectivity index (χ4n) is 3.62. The van der Waals surface area contributed by atoms with Crippen molar-refractivity contribution in [2.24, 2.45) is 0 Å². The zero-order chi connectivity index (χ0) is 18.5. The van der Waals surface area contributed by atoms with Crippen molar-refractivity contribution < 1.29 is 19.5 Å². The van der Waals surface area contributed by atoms with Crippen LogP contribution in [0.25, 0.3) is 0 Å². The molecule has 0 unspecified atom stereocenters. The van der Waals surface area contributed by atoms with Crippen LogP contribution in [-0.2, 0) is 9.59 Å². The van der Waals surface area contributed by atoms with E-state index in [0.29, 0.717) is 24.9 Å². The molecule has 3 atom stereocenters. The maximum absolute atomic E-state index is 13.0. The average molecular weight is 357 g/mol. The van der Waals surface area contributed by atoms with Crippen LogP contribution < -0.4 is 10.6 Å². The normalized spacial score (nSPS) is 25.6.